The number of aromatic nitrogens is 2. The van der Waals surface area contributed by atoms with Gasteiger partial charge in [0, 0.05) is 22.6 Å². The molecule has 0 saturated heterocycles. The molecular formula is C25H21BrFN3O6. The van der Waals surface area contributed by atoms with Crippen LogP contribution in [-0.4, -0.2) is 37.7 Å². The van der Waals surface area contributed by atoms with E-state index in [9.17, 15) is 29.0 Å². The summed E-state index contributed by atoms with van der Waals surface area (Å²) in [5.74, 6) is -1.87. The molecule has 3 N–H and O–H groups in total. The van der Waals surface area contributed by atoms with Crippen molar-refractivity contribution in [3.8, 4) is 11.4 Å². The molecule has 3 aromatic rings. The number of amides is 1. The fourth-order valence-electron chi connectivity index (χ4n) is 5.54. The van der Waals surface area contributed by atoms with Crippen molar-refractivity contribution in [3.05, 3.63) is 60.6 Å². The van der Waals surface area contributed by atoms with E-state index in [2.05, 4.69) is 21.2 Å². The Morgan fingerprint density at radius 3 is 2.81 bits per heavy atom. The van der Waals surface area contributed by atoms with Crippen molar-refractivity contribution in [1.29, 1.82) is 0 Å². The maximum atomic E-state index is 14.8. The van der Waals surface area contributed by atoms with E-state index in [1.54, 1.807) is 6.07 Å². The van der Waals surface area contributed by atoms with Gasteiger partial charge in [-0.2, -0.15) is 0 Å². The first-order chi connectivity index (χ1) is 17.0. The van der Waals surface area contributed by atoms with E-state index in [0.717, 1.165) is 5.56 Å². The number of carbonyl (C=O) groups excluding carboxylic acids is 2. The molecule has 3 aliphatic rings. The fraction of sp³-hybridized carbons (Fsp3) is 0.360. The molecule has 4 heterocycles. The lowest BCUT2D eigenvalue weighted by Crippen LogP contribution is -2.42. The van der Waals surface area contributed by atoms with E-state index < -0.39 is 41.0 Å². The summed E-state index contributed by atoms with van der Waals surface area (Å²) in [4.78, 5) is 42.8. The third kappa shape index (κ3) is 3.06. The molecule has 0 radical (unpaired) electrons. The van der Waals surface area contributed by atoms with Crippen LogP contribution in [0.25, 0.3) is 22.3 Å². The Morgan fingerprint density at radius 2 is 2.08 bits per heavy atom. The maximum absolute atomic E-state index is 14.8. The van der Waals surface area contributed by atoms with Gasteiger partial charge >= 0.3 is 5.97 Å². The number of aliphatic hydroxyl groups is 2. The zero-order valence-electron chi connectivity index (χ0n) is 19.3. The maximum Gasteiger partial charge on any atom is 0.342 e. The number of carbonyl (C=O) groups is 2. The first-order valence-corrected chi connectivity index (χ1v) is 12.3. The Balaban J connectivity index is 1.65. The van der Waals surface area contributed by atoms with Gasteiger partial charge in [-0.05, 0) is 59.8 Å². The summed E-state index contributed by atoms with van der Waals surface area (Å²) in [5, 5.41) is 24.2. The highest BCUT2D eigenvalue weighted by molar-refractivity contribution is 9.10. The van der Waals surface area contributed by atoms with Gasteiger partial charge in [-0.1, -0.05) is 0 Å². The van der Waals surface area contributed by atoms with Crippen LogP contribution < -0.4 is 10.9 Å². The topological polar surface area (TPSA) is 131 Å². The number of benzene rings is 1. The number of nitrogens with one attached hydrogen (secondary N) is 1. The Hall–Kier alpha value is -3.15. The zero-order chi connectivity index (χ0) is 25.7. The van der Waals surface area contributed by atoms with E-state index in [1.807, 2.05) is 0 Å². The van der Waals surface area contributed by atoms with E-state index in [1.165, 1.54) is 24.5 Å². The fourth-order valence-corrected chi connectivity index (χ4v) is 6.05. The van der Waals surface area contributed by atoms with E-state index in [-0.39, 0.29) is 24.3 Å². The van der Waals surface area contributed by atoms with Crippen LogP contribution in [0, 0.1) is 5.82 Å². The van der Waals surface area contributed by atoms with Gasteiger partial charge in [0.05, 0.1) is 39.5 Å². The Labute approximate surface area is 212 Å². The Kier molecular flexibility index (Phi) is 4.96. The summed E-state index contributed by atoms with van der Waals surface area (Å²) >= 11 is 3.35. The van der Waals surface area contributed by atoms with E-state index in [4.69, 9.17) is 9.72 Å². The van der Waals surface area contributed by atoms with Crippen molar-refractivity contribution in [2.45, 2.75) is 57.6 Å². The molecule has 6 rings (SSSR count). The molecule has 9 nitrogen and oxygen atoms in total. The van der Waals surface area contributed by atoms with Crippen LogP contribution in [0.1, 0.15) is 54.1 Å². The predicted octanol–water partition coefficient (Wildman–Crippen LogP) is 2.08. The Bertz CT molecular complexity index is 1600. The Morgan fingerprint density at radius 1 is 1.33 bits per heavy atom. The van der Waals surface area contributed by atoms with Crippen LogP contribution in [0.2, 0.25) is 0 Å². The molecule has 1 amide bonds. The van der Waals surface area contributed by atoms with Crippen molar-refractivity contribution < 1.29 is 28.9 Å². The molecule has 36 heavy (non-hydrogen) atoms. The van der Waals surface area contributed by atoms with Crippen LogP contribution in [0.5, 0.6) is 0 Å². The van der Waals surface area contributed by atoms with Crippen LogP contribution in [-0.2, 0) is 39.5 Å². The van der Waals surface area contributed by atoms with Gasteiger partial charge in [0.25, 0.3) is 5.56 Å². The monoisotopic (exact) mass is 557 g/mol. The SMILES string of the molecule is C[C@@H](O)C(=O)N[C@@H]1CCc2c(Br)c(F)cc3nc4c(c1c23)Cn1c-4cc2c(c1=O)COC(=O)[C@@]2(C)O. The number of ether oxygens (including phenoxy) is 1. The number of nitrogens with zero attached hydrogens (tertiary/aromatic N) is 2. The van der Waals surface area contributed by atoms with Gasteiger partial charge in [0.2, 0.25) is 5.91 Å². The number of cyclic esters (lactones) is 1. The first-order valence-electron chi connectivity index (χ1n) is 11.5. The number of halogens is 2. The lowest BCUT2D eigenvalue weighted by molar-refractivity contribution is -0.169. The number of aryl methyl sites for hydroxylation is 1. The second-order valence-corrected chi connectivity index (χ2v) is 10.4. The highest BCUT2D eigenvalue weighted by Gasteiger charge is 2.43. The van der Waals surface area contributed by atoms with Crippen molar-refractivity contribution in [2.75, 3.05) is 0 Å². The molecule has 0 fully saturated rings. The quantitative estimate of drug-likeness (QED) is 0.321. The largest absolute Gasteiger partial charge is 0.458 e. The second kappa shape index (κ2) is 7.67. The van der Waals surface area contributed by atoms with Gasteiger partial charge in [-0.15, -0.1) is 0 Å². The molecule has 1 aliphatic carbocycles. The van der Waals surface area contributed by atoms with Crippen LogP contribution in [0.3, 0.4) is 0 Å². The van der Waals surface area contributed by atoms with Crippen molar-refractivity contribution in [3.63, 3.8) is 0 Å². The smallest absolute Gasteiger partial charge is 0.342 e. The molecule has 0 bridgehead atoms. The van der Waals surface area contributed by atoms with Gasteiger partial charge in [-0.25, -0.2) is 14.2 Å². The summed E-state index contributed by atoms with van der Waals surface area (Å²) in [6, 6.07) is 2.37. The van der Waals surface area contributed by atoms with Gasteiger partial charge in [0.1, 0.15) is 18.5 Å². The van der Waals surface area contributed by atoms with Crippen LogP contribution in [0.15, 0.2) is 21.4 Å². The highest BCUT2D eigenvalue weighted by Crippen LogP contribution is 2.46. The zero-order valence-corrected chi connectivity index (χ0v) is 20.9. The van der Waals surface area contributed by atoms with Gasteiger partial charge in [0.15, 0.2) is 5.60 Å². The van der Waals surface area contributed by atoms with Gasteiger partial charge in [-0.3, -0.25) is 9.59 Å². The molecule has 2 aliphatic heterocycles. The third-order valence-electron chi connectivity index (χ3n) is 7.36. The number of esters is 1. The predicted molar refractivity (Wildman–Crippen MR) is 128 cm³/mol. The number of rotatable bonds is 2. The molecule has 186 valence electrons. The minimum absolute atomic E-state index is 0.140. The number of pyridine rings is 2. The number of fused-ring (bicyclic) bond motifs is 5. The minimum atomic E-state index is -2.01. The third-order valence-corrected chi connectivity index (χ3v) is 8.22. The van der Waals surface area contributed by atoms with E-state index in [0.29, 0.717) is 50.7 Å². The summed E-state index contributed by atoms with van der Waals surface area (Å²) in [6.45, 7) is 2.54. The summed E-state index contributed by atoms with van der Waals surface area (Å²) in [5.41, 5.74) is 1.20. The minimum Gasteiger partial charge on any atom is -0.458 e. The average Bonchev–Trinajstić information content (AvgIpc) is 3.19. The van der Waals surface area contributed by atoms with Crippen molar-refractivity contribution in [1.82, 2.24) is 14.9 Å². The summed E-state index contributed by atoms with van der Waals surface area (Å²) in [6.07, 6.45) is -0.294. The lowest BCUT2D eigenvalue weighted by atomic mass is 9.83. The van der Waals surface area contributed by atoms with Crippen molar-refractivity contribution in [2.24, 2.45) is 0 Å². The lowest BCUT2D eigenvalue weighted by Gasteiger charge is -2.29. The van der Waals surface area contributed by atoms with Gasteiger partial charge < -0.3 is 24.8 Å². The molecule has 0 spiro atoms. The summed E-state index contributed by atoms with van der Waals surface area (Å²) < 4.78 is 21.7. The molecule has 3 atom stereocenters. The molecule has 1 aromatic carbocycles. The van der Waals surface area contributed by atoms with Crippen LogP contribution >= 0.6 is 15.9 Å². The standard InChI is InChI=1S/C25H21BrFN3O6/c1-9(31)22(32)29-15-4-3-10-18-16(6-14(27)20(10)26)28-21-11(19(15)18)7-30-17(21)5-13-12(23(30)33)8-36-24(34)25(13,2)35/h5-6,9,15,31,35H,3-4,7-8H2,1-2H3,(H,29,32)/t9-,15-,25+/m1/s1. The molecule has 0 unspecified atom stereocenters. The molecule has 11 heteroatoms. The second-order valence-electron chi connectivity index (χ2n) is 9.63. The molecule has 0 saturated carbocycles. The molecular weight excluding hydrogens is 537 g/mol. The number of aliphatic hydroxyl groups excluding tert-OH is 1. The van der Waals surface area contributed by atoms with Crippen LogP contribution in [0.4, 0.5) is 4.39 Å². The highest BCUT2D eigenvalue weighted by atomic mass is 79.9. The average molecular weight is 558 g/mol. The summed E-state index contributed by atoms with van der Waals surface area (Å²) in [7, 11) is 0. The van der Waals surface area contributed by atoms with E-state index >= 15 is 0 Å². The normalized spacial score (nSPS) is 22.5. The van der Waals surface area contributed by atoms with Crippen molar-refractivity contribution >= 4 is 38.7 Å². The number of hydrogen-bond donors (Lipinski definition) is 3. The molecule has 2 aromatic heterocycles. The number of hydrogen-bond acceptors (Lipinski definition) is 7. The first kappa shape index (κ1) is 23.3.